The SMILES string of the molecule is CSC1CCCC1NC(=O)C1(C(N)=NO)CCCC1. The van der Waals surface area contributed by atoms with E-state index in [1.807, 2.05) is 11.8 Å². The van der Waals surface area contributed by atoms with Gasteiger partial charge in [-0.05, 0) is 31.9 Å². The molecule has 2 unspecified atom stereocenters. The van der Waals surface area contributed by atoms with Gasteiger partial charge in [0, 0.05) is 11.3 Å². The lowest BCUT2D eigenvalue weighted by molar-refractivity contribution is -0.128. The van der Waals surface area contributed by atoms with Crippen LogP contribution in [0.3, 0.4) is 0 Å². The van der Waals surface area contributed by atoms with Crippen molar-refractivity contribution in [3.63, 3.8) is 0 Å². The van der Waals surface area contributed by atoms with Crippen molar-refractivity contribution < 1.29 is 10.0 Å². The first-order chi connectivity index (χ1) is 9.14. The molecule has 0 saturated heterocycles. The average Bonchev–Trinajstić information content (AvgIpc) is 3.06. The molecule has 2 rings (SSSR count). The molecule has 2 saturated carbocycles. The fraction of sp³-hybridized carbons (Fsp3) is 0.846. The Morgan fingerprint density at radius 2 is 2.05 bits per heavy atom. The molecular weight excluding hydrogens is 262 g/mol. The van der Waals surface area contributed by atoms with Crippen molar-refractivity contribution in [2.75, 3.05) is 6.26 Å². The first-order valence-electron chi connectivity index (χ1n) is 6.96. The number of hydrogen-bond acceptors (Lipinski definition) is 4. The van der Waals surface area contributed by atoms with Crippen molar-refractivity contribution in [1.82, 2.24) is 5.32 Å². The Hall–Kier alpha value is -0.910. The Morgan fingerprint density at radius 1 is 1.37 bits per heavy atom. The van der Waals surface area contributed by atoms with Crippen LogP contribution < -0.4 is 11.1 Å². The number of oxime groups is 1. The van der Waals surface area contributed by atoms with Gasteiger partial charge in [0.2, 0.25) is 5.91 Å². The van der Waals surface area contributed by atoms with Crippen molar-refractivity contribution in [1.29, 1.82) is 0 Å². The van der Waals surface area contributed by atoms with Crippen molar-refractivity contribution in [3.05, 3.63) is 0 Å². The number of carbonyl (C=O) groups excluding carboxylic acids is 1. The van der Waals surface area contributed by atoms with Crippen molar-refractivity contribution in [2.24, 2.45) is 16.3 Å². The molecule has 0 aliphatic heterocycles. The first kappa shape index (κ1) is 14.5. The molecule has 2 fully saturated rings. The molecule has 0 aromatic carbocycles. The molecule has 108 valence electrons. The molecule has 0 radical (unpaired) electrons. The highest BCUT2D eigenvalue weighted by atomic mass is 32.2. The molecule has 0 heterocycles. The van der Waals surface area contributed by atoms with E-state index in [-0.39, 0.29) is 17.8 Å². The van der Waals surface area contributed by atoms with Crippen LogP contribution in [-0.4, -0.2) is 34.5 Å². The van der Waals surface area contributed by atoms with E-state index in [0.717, 1.165) is 32.1 Å². The van der Waals surface area contributed by atoms with Crippen LogP contribution in [0.15, 0.2) is 5.16 Å². The van der Waals surface area contributed by atoms with Crippen LogP contribution in [-0.2, 0) is 4.79 Å². The third-order valence-electron chi connectivity index (χ3n) is 4.56. The zero-order valence-electron chi connectivity index (χ0n) is 11.4. The normalized spacial score (nSPS) is 30.5. The number of nitrogens with two attached hydrogens (primary N) is 1. The minimum atomic E-state index is -0.777. The lowest BCUT2D eigenvalue weighted by Crippen LogP contribution is -2.52. The van der Waals surface area contributed by atoms with Gasteiger partial charge >= 0.3 is 0 Å². The van der Waals surface area contributed by atoms with Gasteiger partial charge in [-0.1, -0.05) is 24.4 Å². The summed E-state index contributed by atoms with van der Waals surface area (Å²) >= 11 is 1.81. The maximum atomic E-state index is 12.6. The molecule has 4 N–H and O–H groups in total. The van der Waals surface area contributed by atoms with E-state index < -0.39 is 5.41 Å². The Balaban J connectivity index is 2.08. The maximum Gasteiger partial charge on any atom is 0.234 e. The van der Waals surface area contributed by atoms with E-state index in [4.69, 9.17) is 10.9 Å². The predicted octanol–water partition coefficient (Wildman–Crippen LogP) is 1.69. The van der Waals surface area contributed by atoms with E-state index in [1.54, 1.807) is 0 Å². The molecule has 0 aromatic rings. The highest BCUT2D eigenvalue weighted by Gasteiger charge is 2.46. The Kier molecular flexibility index (Phi) is 4.60. The van der Waals surface area contributed by atoms with Gasteiger partial charge in [-0.25, -0.2) is 0 Å². The van der Waals surface area contributed by atoms with Crippen LogP contribution in [0.1, 0.15) is 44.9 Å². The quantitative estimate of drug-likeness (QED) is 0.317. The number of nitrogens with one attached hydrogen (secondary N) is 1. The lowest BCUT2D eigenvalue weighted by atomic mass is 9.83. The second-order valence-electron chi connectivity index (χ2n) is 5.56. The minimum absolute atomic E-state index is 0.0498. The summed E-state index contributed by atoms with van der Waals surface area (Å²) in [4.78, 5) is 12.6. The van der Waals surface area contributed by atoms with E-state index in [2.05, 4.69) is 16.7 Å². The number of thioether (sulfide) groups is 1. The van der Waals surface area contributed by atoms with Gasteiger partial charge in [0.15, 0.2) is 5.84 Å². The number of rotatable bonds is 4. The van der Waals surface area contributed by atoms with E-state index in [9.17, 15) is 4.79 Å². The molecule has 19 heavy (non-hydrogen) atoms. The number of carbonyl (C=O) groups is 1. The number of hydrogen-bond donors (Lipinski definition) is 3. The van der Waals surface area contributed by atoms with Crippen LogP contribution in [0, 0.1) is 5.41 Å². The summed E-state index contributed by atoms with van der Waals surface area (Å²) in [5.41, 5.74) is 5.01. The van der Waals surface area contributed by atoms with Gasteiger partial charge in [0.1, 0.15) is 5.41 Å². The monoisotopic (exact) mass is 285 g/mol. The molecule has 6 heteroatoms. The van der Waals surface area contributed by atoms with Gasteiger partial charge in [0.25, 0.3) is 0 Å². The highest BCUT2D eigenvalue weighted by molar-refractivity contribution is 7.99. The lowest BCUT2D eigenvalue weighted by Gasteiger charge is -2.29. The number of amides is 1. The second kappa shape index (κ2) is 6.03. The summed E-state index contributed by atoms with van der Waals surface area (Å²) in [5, 5.41) is 15.7. The fourth-order valence-electron chi connectivity index (χ4n) is 3.35. The van der Waals surface area contributed by atoms with Crippen LogP contribution in [0.25, 0.3) is 0 Å². The largest absolute Gasteiger partial charge is 0.409 e. The van der Waals surface area contributed by atoms with Crippen LogP contribution in [0.2, 0.25) is 0 Å². The molecule has 2 atom stereocenters. The molecule has 0 bridgehead atoms. The molecule has 2 aliphatic rings. The molecule has 0 aromatic heterocycles. The Labute approximate surface area is 118 Å². The molecule has 2 aliphatic carbocycles. The fourth-order valence-corrected chi connectivity index (χ4v) is 4.29. The summed E-state index contributed by atoms with van der Waals surface area (Å²) in [6, 6.07) is 0.228. The van der Waals surface area contributed by atoms with E-state index in [0.29, 0.717) is 18.1 Å². The van der Waals surface area contributed by atoms with Gasteiger partial charge in [-0.3, -0.25) is 4.79 Å². The van der Waals surface area contributed by atoms with Crippen molar-refractivity contribution >= 4 is 23.5 Å². The Morgan fingerprint density at radius 3 is 2.63 bits per heavy atom. The minimum Gasteiger partial charge on any atom is -0.409 e. The number of nitrogens with zero attached hydrogens (tertiary/aromatic N) is 1. The number of amidine groups is 1. The zero-order valence-corrected chi connectivity index (χ0v) is 12.2. The van der Waals surface area contributed by atoms with Gasteiger partial charge in [0.05, 0.1) is 0 Å². The second-order valence-corrected chi connectivity index (χ2v) is 6.64. The van der Waals surface area contributed by atoms with Crippen molar-refractivity contribution in [2.45, 2.75) is 56.2 Å². The van der Waals surface area contributed by atoms with Gasteiger partial charge in [-0.2, -0.15) is 11.8 Å². The highest BCUT2D eigenvalue weighted by Crippen LogP contribution is 2.39. The third kappa shape index (κ3) is 2.68. The van der Waals surface area contributed by atoms with E-state index >= 15 is 0 Å². The summed E-state index contributed by atoms with van der Waals surface area (Å²) in [7, 11) is 0. The summed E-state index contributed by atoms with van der Waals surface area (Å²) < 4.78 is 0. The summed E-state index contributed by atoms with van der Waals surface area (Å²) in [6.45, 7) is 0. The molecular formula is C13H23N3O2S. The smallest absolute Gasteiger partial charge is 0.234 e. The molecule has 0 spiro atoms. The maximum absolute atomic E-state index is 12.6. The zero-order chi connectivity index (χ0) is 13.9. The summed E-state index contributed by atoms with van der Waals surface area (Å²) in [5.74, 6) is 0.0208. The van der Waals surface area contributed by atoms with Crippen LogP contribution in [0.5, 0.6) is 0 Å². The average molecular weight is 285 g/mol. The standard InChI is InChI=1S/C13H23N3O2S/c1-19-10-6-4-5-9(10)15-12(17)13(11(14)16-18)7-2-3-8-13/h9-10,18H,2-8H2,1H3,(H2,14,16)(H,15,17). The summed E-state index contributed by atoms with van der Waals surface area (Å²) in [6.07, 6.45) is 8.72. The predicted molar refractivity (Wildman–Crippen MR) is 77.4 cm³/mol. The van der Waals surface area contributed by atoms with Crippen LogP contribution >= 0.6 is 11.8 Å². The Bertz CT molecular complexity index is 367. The van der Waals surface area contributed by atoms with Gasteiger partial charge in [-0.15, -0.1) is 0 Å². The molecule has 5 nitrogen and oxygen atoms in total. The first-order valence-corrected chi connectivity index (χ1v) is 8.24. The van der Waals surface area contributed by atoms with E-state index in [1.165, 1.54) is 0 Å². The third-order valence-corrected chi connectivity index (χ3v) is 5.73. The van der Waals surface area contributed by atoms with Crippen LogP contribution in [0.4, 0.5) is 0 Å². The van der Waals surface area contributed by atoms with Gasteiger partial charge < -0.3 is 16.3 Å². The van der Waals surface area contributed by atoms with Crippen molar-refractivity contribution in [3.8, 4) is 0 Å². The topological polar surface area (TPSA) is 87.7 Å². The molecule has 1 amide bonds.